The van der Waals surface area contributed by atoms with Crippen molar-refractivity contribution in [2.24, 2.45) is 46.3 Å². The maximum Gasteiger partial charge on any atom is 0.156 e. The minimum Gasteiger partial charge on any atom is -0.396 e. The maximum absolute atomic E-state index is 12.0. The topological polar surface area (TPSA) is 37.3 Å². The minimum absolute atomic E-state index is 0.221. The van der Waals surface area contributed by atoms with E-state index in [0.717, 1.165) is 42.9 Å². The van der Waals surface area contributed by atoms with Gasteiger partial charge in [0.25, 0.3) is 0 Å². The van der Waals surface area contributed by atoms with Gasteiger partial charge in [-0.15, -0.1) is 0 Å². The second kappa shape index (κ2) is 7.98. The van der Waals surface area contributed by atoms with Crippen LogP contribution in [0.25, 0.3) is 0 Å². The van der Waals surface area contributed by atoms with Crippen molar-refractivity contribution >= 4 is 5.78 Å². The summed E-state index contributed by atoms with van der Waals surface area (Å²) in [7, 11) is 0. The van der Waals surface area contributed by atoms with E-state index in [0.29, 0.717) is 29.6 Å². The van der Waals surface area contributed by atoms with Gasteiger partial charge in [-0.3, -0.25) is 4.79 Å². The highest BCUT2D eigenvalue weighted by Gasteiger charge is 2.58. The van der Waals surface area contributed by atoms with Crippen molar-refractivity contribution in [1.29, 1.82) is 0 Å². The van der Waals surface area contributed by atoms with Gasteiger partial charge in [0.05, 0.1) is 0 Å². The third kappa shape index (κ3) is 3.58. The Balaban J connectivity index is 1.49. The van der Waals surface area contributed by atoms with E-state index in [1.807, 2.05) is 6.08 Å². The number of hydrogen-bond acceptors (Lipinski definition) is 2. The summed E-state index contributed by atoms with van der Waals surface area (Å²) in [4.78, 5) is 12.0. The largest absolute Gasteiger partial charge is 0.396 e. The Bertz CT molecular complexity index is 691. The van der Waals surface area contributed by atoms with Crippen LogP contribution in [0.5, 0.6) is 0 Å². The highest BCUT2D eigenvalue weighted by atomic mass is 16.3. The Labute approximate surface area is 178 Å². The second-order valence-corrected chi connectivity index (χ2v) is 11.6. The van der Waals surface area contributed by atoms with Crippen molar-refractivity contribution in [1.82, 2.24) is 0 Å². The summed E-state index contributed by atoms with van der Waals surface area (Å²) in [6, 6.07) is 0. The average molecular weight is 399 g/mol. The quantitative estimate of drug-likeness (QED) is 0.566. The Morgan fingerprint density at radius 1 is 1.10 bits per heavy atom. The summed E-state index contributed by atoms with van der Waals surface area (Å²) in [6.07, 6.45) is 17.8. The Morgan fingerprint density at radius 2 is 1.90 bits per heavy atom. The van der Waals surface area contributed by atoms with E-state index in [1.54, 1.807) is 0 Å². The van der Waals surface area contributed by atoms with Crippen LogP contribution in [0, 0.1) is 46.3 Å². The first-order chi connectivity index (χ1) is 13.8. The Morgan fingerprint density at radius 3 is 2.66 bits per heavy atom. The monoisotopic (exact) mass is 398 g/mol. The molecule has 2 fully saturated rings. The molecular weight excluding hydrogens is 356 g/mol. The number of allylic oxidation sites excluding steroid dienone is 4. The lowest BCUT2D eigenvalue weighted by Gasteiger charge is -2.56. The third-order valence-corrected chi connectivity index (χ3v) is 9.94. The Kier molecular flexibility index (Phi) is 5.88. The molecule has 0 saturated heterocycles. The van der Waals surface area contributed by atoms with Crippen LogP contribution in [0.2, 0.25) is 0 Å². The zero-order valence-corrected chi connectivity index (χ0v) is 19.1. The fourth-order valence-corrected chi connectivity index (χ4v) is 8.05. The number of carbonyl (C=O) groups is 1. The highest BCUT2D eigenvalue weighted by Crippen LogP contribution is 2.66. The molecule has 29 heavy (non-hydrogen) atoms. The van der Waals surface area contributed by atoms with Crippen molar-refractivity contribution in [2.45, 2.75) is 85.5 Å². The molecule has 162 valence electrons. The van der Waals surface area contributed by atoms with Crippen LogP contribution in [0.15, 0.2) is 23.8 Å². The lowest BCUT2D eigenvalue weighted by molar-refractivity contribution is -0.116. The lowest BCUT2D eigenvalue weighted by Crippen LogP contribution is -2.49. The first-order valence-electron chi connectivity index (χ1n) is 12.3. The molecular formula is C27H42O2. The molecule has 0 aromatic carbocycles. The first-order valence-corrected chi connectivity index (χ1v) is 12.3. The van der Waals surface area contributed by atoms with Gasteiger partial charge in [-0.25, -0.2) is 0 Å². The smallest absolute Gasteiger partial charge is 0.156 e. The number of carbonyl (C=O) groups excluding carboxylic acids is 1. The van der Waals surface area contributed by atoms with E-state index in [4.69, 9.17) is 0 Å². The number of fused-ring (bicyclic) bond motifs is 5. The van der Waals surface area contributed by atoms with Gasteiger partial charge in [0.2, 0.25) is 0 Å². The van der Waals surface area contributed by atoms with Crippen molar-refractivity contribution in [3.63, 3.8) is 0 Å². The highest BCUT2D eigenvalue weighted by molar-refractivity contribution is 5.92. The fraction of sp³-hybridized carbons (Fsp3) is 0.815. The molecule has 8 atom stereocenters. The van der Waals surface area contributed by atoms with Crippen molar-refractivity contribution in [2.75, 3.05) is 6.61 Å². The van der Waals surface area contributed by atoms with Gasteiger partial charge >= 0.3 is 0 Å². The molecule has 0 aromatic heterocycles. The molecule has 0 bridgehead atoms. The summed E-state index contributed by atoms with van der Waals surface area (Å²) in [6.45, 7) is 10.1. The van der Waals surface area contributed by atoms with E-state index < -0.39 is 0 Å². The average Bonchev–Trinajstić information content (AvgIpc) is 3.05. The van der Waals surface area contributed by atoms with E-state index in [2.05, 4.69) is 39.8 Å². The first kappa shape index (κ1) is 21.3. The Hall–Kier alpha value is -0.890. The van der Waals surface area contributed by atoms with Gasteiger partial charge in [0.1, 0.15) is 0 Å². The molecule has 0 aromatic rings. The number of ketones is 1. The second-order valence-electron chi connectivity index (χ2n) is 11.6. The number of rotatable bonds is 6. The van der Waals surface area contributed by atoms with Crippen LogP contribution in [-0.2, 0) is 4.79 Å². The molecule has 4 rings (SSSR count). The normalized spacial score (nSPS) is 43.2. The number of aliphatic hydroxyl groups is 1. The molecule has 0 spiro atoms. The van der Waals surface area contributed by atoms with Gasteiger partial charge < -0.3 is 5.11 Å². The van der Waals surface area contributed by atoms with Crippen LogP contribution in [-0.4, -0.2) is 17.5 Å². The molecule has 4 aliphatic rings. The van der Waals surface area contributed by atoms with Crippen LogP contribution in [0.3, 0.4) is 0 Å². The molecule has 4 aliphatic carbocycles. The van der Waals surface area contributed by atoms with Gasteiger partial charge in [0.15, 0.2) is 5.78 Å². The number of aliphatic hydroxyl groups excluding tert-OH is 1. The van der Waals surface area contributed by atoms with Crippen molar-refractivity contribution in [3.8, 4) is 0 Å². The van der Waals surface area contributed by atoms with Crippen LogP contribution < -0.4 is 0 Å². The SMILES string of the molecule is C[C@@H](CO)CCC[C@@H](C)[C@H]1CC[C@H]2[C@@H]3C=CC4=CC(=O)CC[C@]4(C)[C@H]3CC[C@]12C. The molecule has 0 unspecified atom stereocenters. The van der Waals surface area contributed by atoms with E-state index in [-0.39, 0.29) is 5.41 Å². The molecule has 0 amide bonds. The van der Waals surface area contributed by atoms with Crippen molar-refractivity contribution in [3.05, 3.63) is 23.8 Å². The predicted octanol–water partition coefficient (Wildman–Crippen LogP) is 6.35. The summed E-state index contributed by atoms with van der Waals surface area (Å²) in [5, 5.41) is 9.31. The van der Waals surface area contributed by atoms with Gasteiger partial charge in [-0.2, -0.15) is 0 Å². The molecule has 2 nitrogen and oxygen atoms in total. The van der Waals surface area contributed by atoms with Gasteiger partial charge in [-0.05, 0) is 96.5 Å². The maximum atomic E-state index is 12.0. The number of hydrogen-bond donors (Lipinski definition) is 1. The van der Waals surface area contributed by atoms with Gasteiger partial charge in [0, 0.05) is 13.0 Å². The van der Waals surface area contributed by atoms with E-state index in [9.17, 15) is 9.90 Å². The molecule has 1 N–H and O–H groups in total. The molecule has 0 heterocycles. The van der Waals surface area contributed by atoms with Crippen LogP contribution >= 0.6 is 0 Å². The summed E-state index contributed by atoms with van der Waals surface area (Å²) in [5.74, 6) is 4.66. The minimum atomic E-state index is 0.221. The summed E-state index contributed by atoms with van der Waals surface area (Å²) < 4.78 is 0. The molecule has 0 radical (unpaired) electrons. The zero-order chi connectivity index (χ0) is 20.8. The molecule has 0 aliphatic heterocycles. The molecule has 2 saturated carbocycles. The lowest BCUT2D eigenvalue weighted by atomic mass is 9.48. The van der Waals surface area contributed by atoms with Crippen molar-refractivity contribution < 1.29 is 9.90 Å². The fourth-order valence-electron chi connectivity index (χ4n) is 8.05. The molecule has 2 heteroatoms. The van der Waals surface area contributed by atoms with Crippen LogP contribution in [0.1, 0.15) is 85.5 Å². The predicted molar refractivity (Wildman–Crippen MR) is 119 cm³/mol. The summed E-state index contributed by atoms with van der Waals surface area (Å²) in [5.41, 5.74) is 2.02. The van der Waals surface area contributed by atoms with E-state index >= 15 is 0 Å². The zero-order valence-electron chi connectivity index (χ0n) is 19.1. The summed E-state index contributed by atoms with van der Waals surface area (Å²) >= 11 is 0. The van der Waals surface area contributed by atoms with E-state index in [1.165, 1.54) is 44.1 Å². The standard InChI is InChI=1S/C27H42O2/c1-18(17-28)6-5-7-19(2)23-10-11-24-22-9-8-20-16-21(29)12-14-26(20,3)25(22)13-15-27(23,24)4/h8-9,16,18-19,22-25,28H,5-7,10-15,17H2,1-4H3/t18-,19-,22+,23-,24+,25+,26+,27-/m1/s1. The third-order valence-electron chi connectivity index (χ3n) is 9.94. The van der Waals surface area contributed by atoms with Gasteiger partial charge in [-0.1, -0.05) is 52.7 Å². The van der Waals surface area contributed by atoms with Crippen LogP contribution in [0.4, 0.5) is 0 Å².